The number of allylic oxidation sites excluding steroid dienone is 2. The Kier molecular flexibility index (Phi) is 4.71. The Bertz CT molecular complexity index is 1160. The summed E-state index contributed by atoms with van der Waals surface area (Å²) in [6, 6.07) is 9.51. The summed E-state index contributed by atoms with van der Waals surface area (Å²) in [6.07, 6.45) is 5.83. The lowest BCUT2D eigenvalue weighted by atomic mass is 9.90. The number of fused-ring (bicyclic) bond motifs is 2. The normalized spacial score (nSPS) is 14.5. The molecule has 0 spiro atoms. The standard InChI is InChI=1S/C22H19N3O3/c1-2-3-8-19(28)24-12-18(27)15-11-17(26)22-20-14(9-10-23-22)13-6-4-5-7-16(13)25-21(15)20/h3-11,18,27H,2,12H2,1H3,(H,24,28)/t18-/m1/s1. The number of nitrogens with zero attached hydrogens (tertiary/aromatic N) is 2. The van der Waals surface area contributed by atoms with Crippen LogP contribution in [0.5, 0.6) is 0 Å². The van der Waals surface area contributed by atoms with Gasteiger partial charge in [-0.15, -0.1) is 0 Å². The second-order valence-corrected chi connectivity index (χ2v) is 6.60. The fraction of sp³-hybridized carbons (Fsp3) is 0.182. The summed E-state index contributed by atoms with van der Waals surface area (Å²) < 4.78 is 0. The van der Waals surface area contributed by atoms with E-state index in [-0.39, 0.29) is 18.2 Å². The largest absolute Gasteiger partial charge is 0.386 e. The number of para-hydroxylation sites is 1. The molecule has 1 atom stereocenters. The monoisotopic (exact) mass is 373 g/mol. The smallest absolute Gasteiger partial charge is 0.243 e. The van der Waals surface area contributed by atoms with Crippen LogP contribution in [0.3, 0.4) is 0 Å². The summed E-state index contributed by atoms with van der Waals surface area (Å²) in [4.78, 5) is 33.4. The van der Waals surface area contributed by atoms with Gasteiger partial charge in [0.1, 0.15) is 5.69 Å². The summed E-state index contributed by atoms with van der Waals surface area (Å²) in [5.74, 6) is -0.566. The quantitative estimate of drug-likeness (QED) is 0.530. The first-order chi connectivity index (χ1) is 13.6. The minimum atomic E-state index is -1.06. The van der Waals surface area contributed by atoms with Crippen molar-refractivity contribution in [1.29, 1.82) is 0 Å². The van der Waals surface area contributed by atoms with E-state index in [9.17, 15) is 14.7 Å². The van der Waals surface area contributed by atoms with E-state index in [1.54, 1.807) is 12.3 Å². The number of carbonyl (C=O) groups is 2. The predicted octanol–water partition coefficient (Wildman–Crippen LogP) is 2.81. The second-order valence-electron chi connectivity index (χ2n) is 6.60. The van der Waals surface area contributed by atoms with E-state index < -0.39 is 6.10 Å². The van der Waals surface area contributed by atoms with Gasteiger partial charge in [-0.25, -0.2) is 4.98 Å². The van der Waals surface area contributed by atoms with Crippen molar-refractivity contribution in [2.24, 2.45) is 0 Å². The number of benzene rings is 1. The van der Waals surface area contributed by atoms with Crippen molar-refractivity contribution in [3.8, 4) is 0 Å². The average Bonchev–Trinajstić information content (AvgIpc) is 2.72. The highest BCUT2D eigenvalue weighted by atomic mass is 16.3. The van der Waals surface area contributed by atoms with Gasteiger partial charge >= 0.3 is 0 Å². The minimum Gasteiger partial charge on any atom is -0.386 e. The molecule has 1 aromatic carbocycles. The van der Waals surface area contributed by atoms with Crippen molar-refractivity contribution in [3.05, 3.63) is 66.1 Å². The van der Waals surface area contributed by atoms with E-state index in [0.29, 0.717) is 22.3 Å². The van der Waals surface area contributed by atoms with Gasteiger partial charge in [-0.2, -0.15) is 0 Å². The third kappa shape index (κ3) is 3.08. The molecule has 0 saturated carbocycles. The molecule has 4 rings (SSSR count). The molecule has 0 radical (unpaired) electrons. The zero-order chi connectivity index (χ0) is 19.7. The fourth-order valence-corrected chi connectivity index (χ4v) is 3.42. The van der Waals surface area contributed by atoms with Crippen LogP contribution in [0.1, 0.15) is 29.5 Å². The molecule has 28 heavy (non-hydrogen) atoms. The van der Waals surface area contributed by atoms with E-state index in [0.717, 1.165) is 22.7 Å². The number of pyridine rings is 2. The van der Waals surface area contributed by atoms with Crippen molar-refractivity contribution in [3.63, 3.8) is 0 Å². The Labute approximate surface area is 161 Å². The molecule has 6 heteroatoms. The molecule has 0 aliphatic heterocycles. The van der Waals surface area contributed by atoms with Gasteiger partial charge in [0.2, 0.25) is 11.7 Å². The molecule has 0 unspecified atom stereocenters. The maximum absolute atomic E-state index is 12.6. The predicted molar refractivity (Wildman–Crippen MR) is 108 cm³/mol. The van der Waals surface area contributed by atoms with Crippen LogP contribution in [0.2, 0.25) is 0 Å². The summed E-state index contributed by atoms with van der Waals surface area (Å²) >= 11 is 0. The van der Waals surface area contributed by atoms with Gasteiger partial charge < -0.3 is 10.4 Å². The molecule has 2 heterocycles. The number of amides is 1. The van der Waals surface area contributed by atoms with Crippen LogP contribution < -0.4 is 5.32 Å². The van der Waals surface area contributed by atoms with Gasteiger partial charge in [-0.1, -0.05) is 31.2 Å². The van der Waals surface area contributed by atoms with E-state index in [2.05, 4.69) is 10.3 Å². The molecule has 0 bridgehead atoms. The molecule has 2 aromatic heterocycles. The van der Waals surface area contributed by atoms with Crippen molar-refractivity contribution < 1.29 is 14.7 Å². The summed E-state index contributed by atoms with van der Waals surface area (Å²) in [5, 5.41) is 15.8. The van der Waals surface area contributed by atoms with Crippen LogP contribution in [0, 0.1) is 0 Å². The zero-order valence-electron chi connectivity index (χ0n) is 15.3. The summed E-state index contributed by atoms with van der Waals surface area (Å²) in [5.41, 5.74) is 2.02. The molecule has 1 amide bonds. The van der Waals surface area contributed by atoms with Crippen LogP contribution in [-0.2, 0) is 4.79 Å². The maximum Gasteiger partial charge on any atom is 0.243 e. The van der Waals surface area contributed by atoms with Crippen LogP contribution in [0.4, 0.5) is 0 Å². The number of aliphatic hydroxyl groups excluding tert-OH is 1. The molecule has 2 N–H and O–H groups in total. The van der Waals surface area contributed by atoms with Crippen molar-refractivity contribution in [2.45, 2.75) is 19.4 Å². The SMILES string of the molecule is CCC=CC(=O)NC[C@@H](O)C1=CC(=O)c2nccc3c2c1nc1ccccc13. The van der Waals surface area contributed by atoms with Crippen LogP contribution in [-0.4, -0.2) is 39.4 Å². The molecule has 0 saturated heterocycles. The van der Waals surface area contributed by atoms with E-state index in [1.807, 2.05) is 37.3 Å². The topological polar surface area (TPSA) is 92.2 Å². The molecule has 6 nitrogen and oxygen atoms in total. The number of carbonyl (C=O) groups excluding carboxylic acids is 2. The molecular formula is C22H19N3O3. The number of ketones is 1. The van der Waals surface area contributed by atoms with Crippen LogP contribution in [0.15, 0.2) is 54.8 Å². The lowest BCUT2D eigenvalue weighted by Gasteiger charge is -2.21. The van der Waals surface area contributed by atoms with E-state index in [1.165, 1.54) is 12.2 Å². The highest BCUT2D eigenvalue weighted by molar-refractivity contribution is 6.24. The number of hydrogen-bond donors (Lipinski definition) is 2. The van der Waals surface area contributed by atoms with E-state index >= 15 is 0 Å². The molecule has 1 aliphatic rings. The van der Waals surface area contributed by atoms with Crippen LogP contribution >= 0.6 is 0 Å². The third-order valence-electron chi connectivity index (χ3n) is 4.74. The lowest BCUT2D eigenvalue weighted by Crippen LogP contribution is -2.32. The van der Waals surface area contributed by atoms with Crippen molar-refractivity contribution in [1.82, 2.24) is 15.3 Å². The molecule has 0 fully saturated rings. The highest BCUT2D eigenvalue weighted by Gasteiger charge is 2.28. The van der Waals surface area contributed by atoms with Gasteiger partial charge in [0.05, 0.1) is 17.3 Å². The van der Waals surface area contributed by atoms with E-state index in [4.69, 9.17) is 4.98 Å². The first-order valence-corrected chi connectivity index (χ1v) is 9.16. The Morgan fingerprint density at radius 3 is 2.86 bits per heavy atom. The number of rotatable bonds is 5. The Morgan fingerprint density at radius 1 is 1.21 bits per heavy atom. The zero-order valence-corrected chi connectivity index (χ0v) is 15.3. The first-order valence-electron chi connectivity index (χ1n) is 9.16. The van der Waals surface area contributed by atoms with Gasteiger partial charge in [-0.3, -0.25) is 14.6 Å². The first kappa shape index (κ1) is 18.0. The number of aromatic nitrogens is 2. The van der Waals surface area contributed by atoms with Gasteiger partial charge in [0.15, 0.2) is 0 Å². The van der Waals surface area contributed by atoms with Crippen molar-refractivity contribution >= 4 is 38.9 Å². The summed E-state index contributed by atoms with van der Waals surface area (Å²) in [7, 11) is 0. The molecule has 1 aliphatic carbocycles. The van der Waals surface area contributed by atoms with Crippen LogP contribution in [0.25, 0.3) is 27.2 Å². The molecule has 140 valence electrons. The fourth-order valence-electron chi connectivity index (χ4n) is 3.42. The second kappa shape index (κ2) is 7.32. The maximum atomic E-state index is 12.6. The minimum absolute atomic E-state index is 0.0163. The number of aliphatic hydroxyl groups is 1. The summed E-state index contributed by atoms with van der Waals surface area (Å²) in [6.45, 7) is 1.91. The Hall–Kier alpha value is -3.38. The average molecular weight is 373 g/mol. The van der Waals surface area contributed by atoms with Gasteiger partial charge in [0.25, 0.3) is 0 Å². The molecule has 3 aromatic rings. The Balaban J connectivity index is 1.78. The lowest BCUT2D eigenvalue weighted by molar-refractivity contribution is -0.116. The molecular weight excluding hydrogens is 354 g/mol. The van der Waals surface area contributed by atoms with Gasteiger partial charge in [-0.05, 0) is 36.1 Å². The van der Waals surface area contributed by atoms with Gasteiger partial charge in [0, 0.05) is 29.1 Å². The number of nitrogens with one attached hydrogen (secondary N) is 1. The number of hydrogen-bond acceptors (Lipinski definition) is 5. The highest BCUT2D eigenvalue weighted by Crippen LogP contribution is 2.35. The van der Waals surface area contributed by atoms with Crippen molar-refractivity contribution in [2.75, 3.05) is 6.54 Å². The Morgan fingerprint density at radius 2 is 2.04 bits per heavy atom. The third-order valence-corrected chi connectivity index (χ3v) is 4.74.